The van der Waals surface area contributed by atoms with Crippen LogP contribution in [-0.2, 0) is 0 Å². The molecule has 1 rings (SSSR count). The lowest BCUT2D eigenvalue weighted by Gasteiger charge is -2.00. The van der Waals surface area contributed by atoms with Crippen LogP contribution in [0.25, 0.3) is 0 Å². The van der Waals surface area contributed by atoms with Gasteiger partial charge >= 0.3 is 0 Å². The second-order valence-electron chi connectivity index (χ2n) is 2.75. The van der Waals surface area contributed by atoms with Crippen molar-refractivity contribution >= 4 is 21.8 Å². The number of aromatic amines is 1. The highest BCUT2D eigenvalue weighted by atomic mass is 79.9. The van der Waals surface area contributed by atoms with Crippen molar-refractivity contribution in [3.8, 4) is 6.07 Å². The zero-order valence-electron chi connectivity index (χ0n) is 7.51. The number of nitriles is 1. The summed E-state index contributed by atoms with van der Waals surface area (Å²) in [4.78, 5) is 14.2. The number of hydrogen-bond acceptors (Lipinski definition) is 2. The van der Waals surface area contributed by atoms with Crippen LogP contribution in [0.4, 0.5) is 0 Å². The zero-order chi connectivity index (χ0) is 10.4. The molecule has 0 bridgehead atoms. The molecule has 4 nitrogen and oxygen atoms in total. The quantitative estimate of drug-likeness (QED) is 0.806. The molecule has 0 aliphatic rings. The third kappa shape index (κ3) is 3.23. The first kappa shape index (κ1) is 10.8. The van der Waals surface area contributed by atoms with Gasteiger partial charge in [-0.3, -0.25) is 4.79 Å². The molecular formula is C9H10BrN3O. The highest BCUT2D eigenvalue weighted by Crippen LogP contribution is 2.10. The number of amides is 1. The number of carbonyl (C=O) groups excluding carboxylic acids is 1. The van der Waals surface area contributed by atoms with Crippen molar-refractivity contribution in [3.63, 3.8) is 0 Å². The van der Waals surface area contributed by atoms with E-state index in [2.05, 4.69) is 26.2 Å². The number of carbonyl (C=O) groups is 1. The molecule has 0 spiro atoms. The van der Waals surface area contributed by atoms with E-state index < -0.39 is 0 Å². The van der Waals surface area contributed by atoms with Crippen LogP contribution in [0.15, 0.2) is 16.7 Å². The van der Waals surface area contributed by atoms with E-state index >= 15 is 0 Å². The van der Waals surface area contributed by atoms with Crippen LogP contribution in [0, 0.1) is 11.3 Å². The van der Waals surface area contributed by atoms with E-state index in [-0.39, 0.29) is 5.91 Å². The number of nitrogens with one attached hydrogen (secondary N) is 2. The summed E-state index contributed by atoms with van der Waals surface area (Å²) in [7, 11) is 0. The van der Waals surface area contributed by atoms with Crippen LogP contribution >= 0.6 is 15.9 Å². The fraction of sp³-hybridized carbons (Fsp3) is 0.333. The first-order valence-corrected chi connectivity index (χ1v) is 5.02. The molecule has 2 N–H and O–H groups in total. The summed E-state index contributed by atoms with van der Waals surface area (Å²) in [5, 5.41) is 11.0. The third-order valence-electron chi connectivity index (χ3n) is 1.64. The molecule has 1 aromatic heterocycles. The highest BCUT2D eigenvalue weighted by Gasteiger charge is 2.05. The molecule has 74 valence electrons. The second kappa shape index (κ2) is 5.45. The van der Waals surface area contributed by atoms with Gasteiger partial charge in [-0.15, -0.1) is 0 Å². The van der Waals surface area contributed by atoms with Gasteiger partial charge in [-0.05, 0) is 28.4 Å². The van der Waals surface area contributed by atoms with Crippen LogP contribution < -0.4 is 5.32 Å². The first-order chi connectivity index (χ1) is 6.74. The number of rotatable bonds is 4. The van der Waals surface area contributed by atoms with E-state index in [4.69, 9.17) is 5.26 Å². The minimum Gasteiger partial charge on any atom is -0.356 e. The highest BCUT2D eigenvalue weighted by molar-refractivity contribution is 9.10. The Kier molecular flexibility index (Phi) is 4.20. The van der Waals surface area contributed by atoms with Gasteiger partial charge in [0.15, 0.2) is 0 Å². The van der Waals surface area contributed by atoms with Crippen molar-refractivity contribution in [2.75, 3.05) is 6.54 Å². The number of aromatic nitrogens is 1. The lowest BCUT2D eigenvalue weighted by Crippen LogP contribution is -2.24. The molecular weight excluding hydrogens is 246 g/mol. The Balaban J connectivity index is 2.33. The molecule has 0 saturated heterocycles. The van der Waals surface area contributed by atoms with Gasteiger partial charge in [-0.2, -0.15) is 5.26 Å². The van der Waals surface area contributed by atoms with Gasteiger partial charge < -0.3 is 10.3 Å². The Bertz CT molecular complexity index is 353. The minimum atomic E-state index is -0.145. The summed E-state index contributed by atoms with van der Waals surface area (Å²) in [6.07, 6.45) is 2.85. The SMILES string of the molecule is N#CCCCNC(=O)c1cc(Br)c[nH]1. The van der Waals surface area contributed by atoms with Crippen molar-refractivity contribution in [1.29, 1.82) is 5.26 Å². The van der Waals surface area contributed by atoms with Gasteiger partial charge in [0.2, 0.25) is 0 Å². The molecule has 0 radical (unpaired) electrons. The molecule has 14 heavy (non-hydrogen) atoms. The van der Waals surface area contributed by atoms with Gasteiger partial charge in [0.25, 0.3) is 5.91 Å². The van der Waals surface area contributed by atoms with Crippen LogP contribution in [0.2, 0.25) is 0 Å². The summed E-state index contributed by atoms with van der Waals surface area (Å²) < 4.78 is 0.847. The smallest absolute Gasteiger partial charge is 0.267 e. The molecule has 0 saturated carbocycles. The van der Waals surface area contributed by atoms with E-state index in [1.165, 1.54) is 0 Å². The molecule has 0 unspecified atom stereocenters. The maximum absolute atomic E-state index is 11.4. The summed E-state index contributed by atoms with van der Waals surface area (Å²) in [6, 6.07) is 3.73. The summed E-state index contributed by atoms with van der Waals surface area (Å²) >= 11 is 3.24. The molecule has 0 aliphatic heterocycles. The maximum atomic E-state index is 11.4. The lowest BCUT2D eigenvalue weighted by molar-refractivity contribution is 0.0949. The third-order valence-corrected chi connectivity index (χ3v) is 2.10. The molecule has 0 aromatic carbocycles. The molecule has 5 heteroatoms. The fourth-order valence-electron chi connectivity index (χ4n) is 0.964. The summed E-state index contributed by atoms with van der Waals surface area (Å²) in [5.74, 6) is -0.145. The topological polar surface area (TPSA) is 68.7 Å². The standard InChI is InChI=1S/C9H10BrN3O/c10-7-5-8(13-6-7)9(14)12-4-2-1-3-11/h5-6,13H,1-2,4H2,(H,12,14). The van der Waals surface area contributed by atoms with Crippen LogP contribution in [0.3, 0.4) is 0 Å². The fourth-order valence-corrected chi connectivity index (χ4v) is 1.31. The number of H-pyrrole nitrogens is 1. The maximum Gasteiger partial charge on any atom is 0.267 e. The first-order valence-electron chi connectivity index (χ1n) is 4.23. The van der Waals surface area contributed by atoms with Gasteiger partial charge in [0.05, 0.1) is 6.07 Å². The Morgan fingerprint density at radius 3 is 3.07 bits per heavy atom. The van der Waals surface area contributed by atoms with Crippen LogP contribution in [0.1, 0.15) is 23.3 Å². The van der Waals surface area contributed by atoms with Crippen LogP contribution in [-0.4, -0.2) is 17.4 Å². The van der Waals surface area contributed by atoms with Crippen molar-refractivity contribution in [3.05, 3.63) is 22.4 Å². The van der Waals surface area contributed by atoms with Crippen molar-refractivity contribution in [2.45, 2.75) is 12.8 Å². The minimum absolute atomic E-state index is 0.145. The van der Waals surface area contributed by atoms with Gasteiger partial charge in [-0.1, -0.05) is 0 Å². The van der Waals surface area contributed by atoms with Crippen molar-refractivity contribution in [2.24, 2.45) is 0 Å². The van der Waals surface area contributed by atoms with E-state index in [9.17, 15) is 4.79 Å². The number of nitrogens with zero attached hydrogens (tertiary/aromatic N) is 1. The summed E-state index contributed by atoms with van der Waals surface area (Å²) in [5.41, 5.74) is 0.522. The number of hydrogen-bond donors (Lipinski definition) is 2. The Morgan fingerprint density at radius 1 is 1.71 bits per heavy atom. The number of halogens is 1. The normalized spacial score (nSPS) is 9.43. The summed E-state index contributed by atoms with van der Waals surface area (Å²) in [6.45, 7) is 0.531. The Morgan fingerprint density at radius 2 is 2.50 bits per heavy atom. The van der Waals surface area contributed by atoms with E-state index in [1.807, 2.05) is 6.07 Å². The molecule has 0 aliphatic carbocycles. The molecule has 0 atom stereocenters. The molecule has 0 fully saturated rings. The van der Waals surface area contributed by atoms with Gasteiger partial charge in [0.1, 0.15) is 5.69 Å². The molecule has 1 amide bonds. The number of unbranched alkanes of at least 4 members (excludes halogenated alkanes) is 1. The monoisotopic (exact) mass is 255 g/mol. The van der Waals surface area contributed by atoms with E-state index in [0.29, 0.717) is 25.1 Å². The Hall–Kier alpha value is -1.28. The van der Waals surface area contributed by atoms with E-state index in [1.54, 1.807) is 12.3 Å². The predicted octanol–water partition coefficient (Wildman–Crippen LogP) is 1.81. The molecule has 1 heterocycles. The van der Waals surface area contributed by atoms with Crippen LogP contribution in [0.5, 0.6) is 0 Å². The van der Waals surface area contributed by atoms with Crippen molar-refractivity contribution in [1.82, 2.24) is 10.3 Å². The van der Waals surface area contributed by atoms with Crippen molar-refractivity contribution < 1.29 is 4.79 Å². The second-order valence-corrected chi connectivity index (χ2v) is 3.66. The lowest BCUT2D eigenvalue weighted by atomic mass is 10.3. The average Bonchev–Trinajstić information content (AvgIpc) is 2.59. The average molecular weight is 256 g/mol. The predicted molar refractivity (Wildman–Crippen MR) is 55.7 cm³/mol. The molecule has 1 aromatic rings. The largest absolute Gasteiger partial charge is 0.356 e. The van der Waals surface area contributed by atoms with E-state index in [0.717, 1.165) is 4.47 Å². The van der Waals surface area contributed by atoms with Gasteiger partial charge in [0, 0.05) is 23.6 Å². The van der Waals surface area contributed by atoms with Gasteiger partial charge in [-0.25, -0.2) is 0 Å². The Labute approximate surface area is 90.4 Å². The zero-order valence-corrected chi connectivity index (χ0v) is 9.10.